The molecule has 0 aromatic carbocycles. The Labute approximate surface area is 59.9 Å². The summed E-state index contributed by atoms with van der Waals surface area (Å²) in [6, 6.07) is 0. The van der Waals surface area contributed by atoms with E-state index in [-0.39, 0.29) is 0 Å². The molecule has 0 saturated heterocycles. The summed E-state index contributed by atoms with van der Waals surface area (Å²) in [5, 5.41) is 3.14. The second kappa shape index (κ2) is 4.15. The quantitative estimate of drug-likeness (QED) is 0.362. The standard InChI is InChI=1S/C6H9ClN2/c1-4-5(8-2)6(7)9-3/h4,8H,1,3H2,2H3/b6-5+. The van der Waals surface area contributed by atoms with Crippen LogP contribution in [0.1, 0.15) is 0 Å². The van der Waals surface area contributed by atoms with Crippen molar-refractivity contribution in [1.29, 1.82) is 0 Å². The first-order valence-corrected chi connectivity index (χ1v) is 2.80. The van der Waals surface area contributed by atoms with Crippen LogP contribution in [0.5, 0.6) is 0 Å². The van der Waals surface area contributed by atoms with Crippen molar-refractivity contribution in [3.63, 3.8) is 0 Å². The molecule has 0 amide bonds. The fourth-order valence-corrected chi connectivity index (χ4v) is 0.546. The molecule has 0 aromatic rings. The molecule has 2 nitrogen and oxygen atoms in total. The van der Waals surface area contributed by atoms with E-state index in [0.717, 1.165) is 0 Å². The van der Waals surface area contributed by atoms with Gasteiger partial charge in [-0.1, -0.05) is 18.2 Å². The van der Waals surface area contributed by atoms with Crippen molar-refractivity contribution in [2.75, 3.05) is 7.05 Å². The third-order valence-corrected chi connectivity index (χ3v) is 1.16. The van der Waals surface area contributed by atoms with E-state index in [9.17, 15) is 0 Å². The lowest BCUT2D eigenvalue weighted by atomic mass is 10.5. The Morgan fingerprint density at radius 2 is 2.33 bits per heavy atom. The summed E-state index contributed by atoms with van der Waals surface area (Å²) >= 11 is 5.55. The van der Waals surface area contributed by atoms with Gasteiger partial charge >= 0.3 is 0 Å². The van der Waals surface area contributed by atoms with Gasteiger partial charge in [0.2, 0.25) is 0 Å². The highest BCUT2D eigenvalue weighted by Gasteiger charge is 1.91. The molecule has 0 aliphatic rings. The highest BCUT2D eigenvalue weighted by atomic mass is 35.5. The summed E-state index contributed by atoms with van der Waals surface area (Å²) in [6.07, 6.45) is 1.58. The zero-order valence-corrected chi connectivity index (χ0v) is 6.07. The van der Waals surface area contributed by atoms with Crippen LogP contribution in [0.4, 0.5) is 0 Å². The average molecular weight is 145 g/mol. The molecule has 1 N–H and O–H groups in total. The van der Waals surface area contributed by atoms with Gasteiger partial charge in [0.1, 0.15) is 0 Å². The van der Waals surface area contributed by atoms with Gasteiger partial charge in [0.25, 0.3) is 0 Å². The predicted octanol–water partition coefficient (Wildman–Crippen LogP) is 1.50. The van der Waals surface area contributed by atoms with Gasteiger partial charge in [-0.15, -0.1) is 0 Å². The number of hydrogen-bond donors (Lipinski definition) is 1. The van der Waals surface area contributed by atoms with Crippen molar-refractivity contribution in [3.8, 4) is 0 Å². The minimum absolute atomic E-state index is 0.340. The lowest BCUT2D eigenvalue weighted by molar-refractivity contribution is 1.02. The van der Waals surface area contributed by atoms with E-state index in [1.54, 1.807) is 13.1 Å². The molecule has 0 heterocycles. The Kier molecular flexibility index (Phi) is 3.80. The second-order valence-electron chi connectivity index (χ2n) is 1.32. The van der Waals surface area contributed by atoms with E-state index >= 15 is 0 Å². The van der Waals surface area contributed by atoms with Gasteiger partial charge in [0.05, 0.1) is 5.70 Å². The smallest absolute Gasteiger partial charge is 0.151 e. The highest BCUT2D eigenvalue weighted by Crippen LogP contribution is 2.06. The first-order chi connectivity index (χ1) is 4.26. The maximum atomic E-state index is 5.55. The van der Waals surface area contributed by atoms with Crippen molar-refractivity contribution < 1.29 is 0 Å². The van der Waals surface area contributed by atoms with Crippen molar-refractivity contribution in [2.45, 2.75) is 0 Å². The van der Waals surface area contributed by atoms with Crippen molar-refractivity contribution in [3.05, 3.63) is 23.5 Å². The summed E-state index contributed by atoms with van der Waals surface area (Å²) in [4.78, 5) is 3.49. The summed E-state index contributed by atoms with van der Waals surface area (Å²) in [6.45, 7) is 6.76. The van der Waals surface area contributed by atoms with E-state index in [1.807, 2.05) is 0 Å². The van der Waals surface area contributed by atoms with Crippen LogP contribution in [0.3, 0.4) is 0 Å². The van der Waals surface area contributed by atoms with Gasteiger partial charge in [-0.25, -0.2) is 0 Å². The molecular weight excluding hydrogens is 136 g/mol. The monoisotopic (exact) mass is 144 g/mol. The molecule has 0 aromatic heterocycles. The van der Waals surface area contributed by atoms with Crippen LogP contribution >= 0.6 is 11.6 Å². The number of rotatable bonds is 3. The van der Waals surface area contributed by atoms with Gasteiger partial charge in [-0.2, -0.15) is 0 Å². The molecule has 9 heavy (non-hydrogen) atoms. The first-order valence-electron chi connectivity index (χ1n) is 2.43. The molecule has 0 atom stereocenters. The molecule has 0 spiro atoms. The third kappa shape index (κ3) is 2.33. The summed E-state index contributed by atoms with van der Waals surface area (Å²) in [5.41, 5.74) is 0.687. The second-order valence-corrected chi connectivity index (χ2v) is 1.67. The maximum Gasteiger partial charge on any atom is 0.151 e. The number of likely N-dealkylation sites (N-methyl/N-ethyl adjacent to an activating group) is 1. The van der Waals surface area contributed by atoms with Gasteiger partial charge in [-0.3, -0.25) is 4.99 Å². The number of allylic oxidation sites excluding steroid dienone is 1. The third-order valence-electron chi connectivity index (χ3n) is 0.835. The largest absolute Gasteiger partial charge is 0.386 e. The van der Waals surface area contributed by atoms with Crippen LogP contribution in [-0.2, 0) is 0 Å². The zero-order chi connectivity index (χ0) is 7.28. The Balaban J connectivity index is 4.36. The molecular formula is C6H9ClN2. The zero-order valence-electron chi connectivity index (χ0n) is 5.32. The van der Waals surface area contributed by atoms with Gasteiger partial charge in [-0.05, 0) is 12.8 Å². The van der Waals surface area contributed by atoms with Crippen LogP contribution < -0.4 is 5.32 Å². The van der Waals surface area contributed by atoms with E-state index < -0.39 is 0 Å². The Morgan fingerprint density at radius 1 is 1.78 bits per heavy atom. The Morgan fingerprint density at radius 3 is 2.44 bits per heavy atom. The van der Waals surface area contributed by atoms with Crippen LogP contribution in [0.25, 0.3) is 0 Å². The number of aliphatic imine (C=N–C) groups is 1. The fourth-order valence-electron chi connectivity index (χ4n) is 0.375. The lowest BCUT2D eigenvalue weighted by Crippen LogP contribution is -2.03. The van der Waals surface area contributed by atoms with Crippen molar-refractivity contribution in [1.82, 2.24) is 5.32 Å². The minimum atomic E-state index is 0.340. The lowest BCUT2D eigenvalue weighted by Gasteiger charge is -1.98. The first kappa shape index (κ1) is 8.24. The number of halogens is 1. The summed E-state index contributed by atoms with van der Waals surface area (Å²) in [7, 11) is 1.74. The molecule has 0 rings (SSSR count). The van der Waals surface area contributed by atoms with E-state index in [2.05, 4.69) is 23.6 Å². The predicted molar refractivity (Wildman–Crippen MR) is 41.7 cm³/mol. The van der Waals surface area contributed by atoms with Crippen LogP contribution in [0, 0.1) is 0 Å². The summed E-state index contributed by atoms with van der Waals surface area (Å²) < 4.78 is 0. The minimum Gasteiger partial charge on any atom is -0.386 e. The fraction of sp³-hybridized carbons (Fsp3) is 0.167. The average Bonchev–Trinajstić information content (AvgIpc) is 1.90. The van der Waals surface area contributed by atoms with Crippen LogP contribution in [0.2, 0.25) is 0 Å². The van der Waals surface area contributed by atoms with E-state index in [1.165, 1.54) is 0 Å². The highest BCUT2D eigenvalue weighted by molar-refractivity contribution is 6.30. The molecule has 0 bridgehead atoms. The van der Waals surface area contributed by atoms with Gasteiger partial charge in [0.15, 0.2) is 5.16 Å². The van der Waals surface area contributed by atoms with Gasteiger partial charge < -0.3 is 5.32 Å². The Bertz CT molecular complexity index is 149. The molecule has 0 saturated carbocycles. The van der Waals surface area contributed by atoms with Crippen LogP contribution in [-0.4, -0.2) is 13.8 Å². The van der Waals surface area contributed by atoms with Crippen molar-refractivity contribution in [2.24, 2.45) is 4.99 Å². The topological polar surface area (TPSA) is 24.4 Å². The number of nitrogens with one attached hydrogen (secondary N) is 1. The molecule has 3 heteroatoms. The SMILES string of the molecule is C=C/C(NC)=C(/Cl)N=C. The maximum absolute atomic E-state index is 5.55. The Hall–Kier alpha value is -0.760. The number of nitrogens with zero attached hydrogens (tertiary/aromatic N) is 1. The molecule has 0 aliphatic carbocycles. The van der Waals surface area contributed by atoms with Crippen molar-refractivity contribution >= 4 is 18.3 Å². The molecule has 0 unspecified atom stereocenters. The summed E-state index contributed by atoms with van der Waals surface area (Å²) in [5.74, 6) is 0. The van der Waals surface area contributed by atoms with E-state index in [4.69, 9.17) is 11.6 Å². The molecule has 50 valence electrons. The normalized spacial score (nSPS) is 11.8. The van der Waals surface area contributed by atoms with E-state index in [0.29, 0.717) is 10.9 Å². The molecule has 0 radical (unpaired) electrons. The molecule has 0 aliphatic heterocycles. The van der Waals surface area contributed by atoms with Gasteiger partial charge in [0, 0.05) is 7.05 Å². The molecule has 0 fully saturated rings. The van der Waals surface area contributed by atoms with Crippen LogP contribution in [0.15, 0.2) is 28.5 Å². The number of hydrogen-bond acceptors (Lipinski definition) is 2.